The summed E-state index contributed by atoms with van der Waals surface area (Å²) in [5, 5.41) is 3.22. The highest BCUT2D eigenvalue weighted by molar-refractivity contribution is 6.30. The van der Waals surface area contributed by atoms with Crippen molar-refractivity contribution in [2.45, 2.75) is 12.3 Å². The molecule has 3 aromatic rings. The molecule has 5 nitrogen and oxygen atoms in total. The predicted octanol–water partition coefficient (Wildman–Crippen LogP) is 4.16. The first kappa shape index (κ1) is 19.7. The van der Waals surface area contributed by atoms with Crippen molar-refractivity contribution in [2.75, 3.05) is 13.2 Å². The number of rotatable bonds is 8. The zero-order chi connectivity index (χ0) is 19.8. The van der Waals surface area contributed by atoms with Gasteiger partial charge in [0.05, 0.1) is 5.02 Å². The maximum atomic E-state index is 12.0. The van der Waals surface area contributed by atoms with E-state index in [4.69, 9.17) is 16.3 Å². The highest BCUT2D eigenvalue weighted by atomic mass is 35.5. The maximum Gasteiger partial charge on any atom is 0.355 e. The van der Waals surface area contributed by atoms with Gasteiger partial charge in [0.2, 0.25) is 0 Å². The van der Waals surface area contributed by atoms with Gasteiger partial charge in [-0.2, -0.15) is 0 Å². The topological polar surface area (TPSA) is 71.2 Å². The smallest absolute Gasteiger partial charge is 0.355 e. The number of esters is 1. The zero-order valence-corrected chi connectivity index (χ0v) is 16.0. The standard InChI is InChI=1S/C22H21ClN2O3/c23-18-13-20(25-14-18)22(27)28-15-21(26)24-12-11-19(16-7-3-1-4-8-16)17-9-5-2-6-10-17/h1-10,13-14,19,25H,11-12,15H2,(H,24,26). The summed E-state index contributed by atoms with van der Waals surface area (Å²) in [7, 11) is 0. The third kappa shape index (κ3) is 5.47. The predicted molar refractivity (Wildman–Crippen MR) is 108 cm³/mol. The summed E-state index contributed by atoms with van der Waals surface area (Å²) < 4.78 is 4.99. The van der Waals surface area contributed by atoms with E-state index >= 15 is 0 Å². The number of halogens is 1. The molecule has 0 unspecified atom stereocenters. The number of aromatic amines is 1. The second-order valence-electron chi connectivity index (χ2n) is 6.32. The third-order valence-corrected chi connectivity index (χ3v) is 4.58. The van der Waals surface area contributed by atoms with Crippen molar-refractivity contribution in [3.8, 4) is 0 Å². The maximum absolute atomic E-state index is 12.0. The second-order valence-corrected chi connectivity index (χ2v) is 6.76. The number of ether oxygens (including phenoxy) is 1. The Labute approximate surface area is 168 Å². The molecule has 0 bridgehead atoms. The monoisotopic (exact) mass is 396 g/mol. The number of H-pyrrole nitrogens is 1. The van der Waals surface area contributed by atoms with Crippen LogP contribution in [-0.4, -0.2) is 30.0 Å². The average molecular weight is 397 g/mol. The van der Waals surface area contributed by atoms with E-state index in [2.05, 4.69) is 34.6 Å². The molecular formula is C22H21ClN2O3. The second kappa shape index (κ2) is 9.76. The van der Waals surface area contributed by atoms with Gasteiger partial charge in [-0.05, 0) is 23.6 Å². The van der Waals surface area contributed by atoms with Gasteiger partial charge in [0.25, 0.3) is 5.91 Å². The minimum atomic E-state index is -0.617. The van der Waals surface area contributed by atoms with Crippen LogP contribution in [0.25, 0.3) is 0 Å². The van der Waals surface area contributed by atoms with E-state index in [-0.39, 0.29) is 24.1 Å². The van der Waals surface area contributed by atoms with Gasteiger partial charge in [-0.1, -0.05) is 72.3 Å². The average Bonchev–Trinajstić information content (AvgIpc) is 3.17. The van der Waals surface area contributed by atoms with Crippen molar-refractivity contribution >= 4 is 23.5 Å². The molecule has 0 radical (unpaired) electrons. The Morgan fingerprint density at radius 2 is 1.61 bits per heavy atom. The van der Waals surface area contributed by atoms with Crippen LogP contribution < -0.4 is 5.32 Å². The lowest BCUT2D eigenvalue weighted by atomic mass is 9.88. The fourth-order valence-corrected chi connectivity index (χ4v) is 3.16. The molecule has 6 heteroatoms. The number of carbonyl (C=O) groups excluding carboxylic acids is 2. The first-order chi connectivity index (χ1) is 13.6. The molecule has 0 saturated heterocycles. The van der Waals surface area contributed by atoms with Gasteiger partial charge >= 0.3 is 5.97 Å². The Bertz CT molecular complexity index is 870. The van der Waals surface area contributed by atoms with E-state index < -0.39 is 5.97 Å². The SMILES string of the molecule is O=C(COC(=O)c1cc(Cl)c[nH]1)NCCC(c1ccccc1)c1ccccc1. The molecule has 0 aliphatic carbocycles. The van der Waals surface area contributed by atoms with Crippen LogP contribution in [0.15, 0.2) is 72.9 Å². The fourth-order valence-electron chi connectivity index (χ4n) is 3.00. The summed E-state index contributed by atoms with van der Waals surface area (Å²) in [6.45, 7) is 0.135. The normalized spacial score (nSPS) is 10.6. The van der Waals surface area contributed by atoms with Crippen molar-refractivity contribution in [3.05, 3.63) is 94.8 Å². The number of amides is 1. The lowest BCUT2D eigenvalue weighted by Gasteiger charge is -2.18. The molecule has 1 amide bonds. The summed E-state index contributed by atoms with van der Waals surface area (Å²) in [6.07, 6.45) is 2.21. The zero-order valence-electron chi connectivity index (χ0n) is 15.2. The molecule has 144 valence electrons. The molecule has 28 heavy (non-hydrogen) atoms. The first-order valence-electron chi connectivity index (χ1n) is 9.01. The van der Waals surface area contributed by atoms with Crippen LogP contribution in [0, 0.1) is 0 Å². The quantitative estimate of drug-likeness (QED) is 0.561. The number of hydrogen-bond donors (Lipinski definition) is 2. The van der Waals surface area contributed by atoms with Crippen molar-refractivity contribution in [1.29, 1.82) is 0 Å². The highest BCUT2D eigenvalue weighted by Gasteiger charge is 2.15. The Morgan fingerprint density at radius 3 is 2.14 bits per heavy atom. The minimum absolute atomic E-state index is 0.173. The number of benzene rings is 2. The van der Waals surface area contributed by atoms with E-state index in [1.807, 2.05) is 36.4 Å². The van der Waals surface area contributed by atoms with Crippen molar-refractivity contribution < 1.29 is 14.3 Å². The fraction of sp³-hybridized carbons (Fsp3) is 0.182. The Kier molecular flexibility index (Phi) is 6.87. The van der Waals surface area contributed by atoms with Crippen LogP contribution in [0.4, 0.5) is 0 Å². The van der Waals surface area contributed by atoms with Crippen LogP contribution in [0.3, 0.4) is 0 Å². The number of hydrogen-bond acceptors (Lipinski definition) is 3. The van der Waals surface area contributed by atoms with Crippen LogP contribution in [-0.2, 0) is 9.53 Å². The van der Waals surface area contributed by atoms with Gasteiger partial charge in [0.15, 0.2) is 6.61 Å². The van der Waals surface area contributed by atoms with E-state index in [0.717, 1.165) is 6.42 Å². The lowest BCUT2D eigenvalue weighted by Crippen LogP contribution is -2.30. The summed E-state index contributed by atoms with van der Waals surface area (Å²) in [4.78, 5) is 26.5. The molecule has 0 spiro atoms. The van der Waals surface area contributed by atoms with Gasteiger partial charge < -0.3 is 15.0 Å². The summed E-state index contributed by atoms with van der Waals surface area (Å²) >= 11 is 5.75. The van der Waals surface area contributed by atoms with Crippen molar-refractivity contribution in [3.63, 3.8) is 0 Å². The molecule has 0 aliphatic rings. The molecule has 0 saturated carbocycles. The van der Waals surface area contributed by atoms with Crippen LogP contribution in [0.1, 0.15) is 34.0 Å². The Balaban J connectivity index is 1.51. The summed E-state index contributed by atoms with van der Waals surface area (Å²) in [6, 6.07) is 21.8. The highest BCUT2D eigenvalue weighted by Crippen LogP contribution is 2.27. The summed E-state index contributed by atoms with van der Waals surface area (Å²) in [5.74, 6) is -0.786. The van der Waals surface area contributed by atoms with Crippen LogP contribution in [0.5, 0.6) is 0 Å². The molecule has 0 fully saturated rings. The molecular weight excluding hydrogens is 376 g/mol. The number of nitrogens with one attached hydrogen (secondary N) is 2. The van der Waals surface area contributed by atoms with Crippen LogP contribution in [0.2, 0.25) is 5.02 Å². The largest absolute Gasteiger partial charge is 0.451 e. The summed E-state index contributed by atoms with van der Waals surface area (Å²) in [5.41, 5.74) is 2.60. The Hall–Kier alpha value is -3.05. The molecule has 1 heterocycles. The Morgan fingerprint density at radius 1 is 1.00 bits per heavy atom. The van der Waals surface area contributed by atoms with Gasteiger partial charge in [0, 0.05) is 18.7 Å². The van der Waals surface area contributed by atoms with E-state index in [1.165, 1.54) is 23.4 Å². The van der Waals surface area contributed by atoms with Gasteiger partial charge in [-0.15, -0.1) is 0 Å². The van der Waals surface area contributed by atoms with Crippen molar-refractivity contribution in [1.82, 2.24) is 10.3 Å². The molecule has 1 aromatic heterocycles. The number of carbonyl (C=O) groups is 2. The lowest BCUT2D eigenvalue weighted by molar-refractivity contribution is -0.124. The van der Waals surface area contributed by atoms with Gasteiger partial charge in [-0.25, -0.2) is 4.79 Å². The van der Waals surface area contributed by atoms with E-state index in [0.29, 0.717) is 11.6 Å². The van der Waals surface area contributed by atoms with E-state index in [1.54, 1.807) is 0 Å². The molecule has 2 aromatic carbocycles. The minimum Gasteiger partial charge on any atom is -0.451 e. The third-order valence-electron chi connectivity index (χ3n) is 4.36. The molecule has 2 N–H and O–H groups in total. The van der Waals surface area contributed by atoms with Crippen molar-refractivity contribution in [2.24, 2.45) is 0 Å². The van der Waals surface area contributed by atoms with Gasteiger partial charge in [0.1, 0.15) is 5.69 Å². The first-order valence-corrected chi connectivity index (χ1v) is 9.39. The van der Waals surface area contributed by atoms with Crippen LogP contribution >= 0.6 is 11.6 Å². The van der Waals surface area contributed by atoms with Gasteiger partial charge in [-0.3, -0.25) is 4.79 Å². The molecule has 0 aliphatic heterocycles. The van der Waals surface area contributed by atoms with E-state index in [9.17, 15) is 9.59 Å². The molecule has 3 rings (SSSR count). The number of aromatic nitrogens is 1. The molecule has 0 atom stereocenters.